The highest BCUT2D eigenvalue weighted by molar-refractivity contribution is 7.15. The van der Waals surface area contributed by atoms with Gasteiger partial charge in [-0.25, -0.2) is 10.1 Å². The van der Waals surface area contributed by atoms with Crippen molar-refractivity contribution in [2.24, 2.45) is 0 Å². The van der Waals surface area contributed by atoms with E-state index in [1.165, 1.54) is 17.4 Å². The molecule has 1 aliphatic heterocycles. The van der Waals surface area contributed by atoms with Crippen LogP contribution in [-0.2, 0) is 19.2 Å². The summed E-state index contributed by atoms with van der Waals surface area (Å²) >= 11 is 2.36. The van der Waals surface area contributed by atoms with Gasteiger partial charge >= 0.3 is 11.0 Å². The van der Waals surface area contributed by atoms with Crippen molar-refractivity contribution < 1.29 is 22.7 Å². The fraction of sp³-hybridized carbons (Fsp3) is 0.333. The van der Waals surface area contributed by atoms with Crippen LogP contribution in [-0.4, -0.2) is 52.2 Å². The first-order valence-electron chi connectivity index (χ1n) is 12.5. The molecule has 0 radical (unpaired) electrons. The molecule has 2 atom stereocenters. The van der Waals surface area contributed by atoms with E-state index in [1.807, 2.05) is 14.0 Å². The number of thiazole rings is 1. The van der Waals surface area contributed by atoms with Crippen molar-refractivity contribution in [3.8, 4) is 16.3 Å². The second-order valence-electron chi connectivity index (χ2n) is 9.49. The molecule has 0 saturated carbocycles. The van der Waals surface area contributed by atoms with Gasteiger partial charge in [0.25, 0.3) is 5.91 Å². The van der Waals surface area contributed by atoms with Crippen LogP contribution in [0.5, 0.6) is 5.75 Å². The summed E-state index contributed by atoms with van der Waals surface area (Å²) in [6.45, 7) is 3.46. The molecule has 1 aliphatic rings. The number of nitrogens with zero attached hydrogens (tertiary/aromatic N) is 3. The van der Waals surface area contributed by atoms with Gasteiger partial charge in [0, 0.05) is 30.1 Å². The number of hydrogen-bond donors (Lipinski definition) is 2. The lowest BCUT2D eigenvalue weighted by Crippen LogP contribution is -2.39. The van der Waals surface area contributed by atoms with Crippen LogP contribution in [0.2, 0.25) is 0 Å². The fourth-order valence-electron chi connectivity index (χ4n) is 4.62. The van der Waals surface area contributed by atoms with Gasteiger partial charge in [-0.05, 0) is 49.9 Å². The third kappa shape index (κ3) is 6.26. The van der Waals surface area contributed by atoms with Crippen molar-refractivity contribution in [3.63, 3.8) is 0 Å². The maximum Gasteiger partial charge on any atom is 0.416 e. The first-order chi connectivity index (χ1) is 19.1. The standard InChI is InChI=1S/C27H26F3N5O3S2/c1-3-20-22(39-24(32-20)16-5-4-6-17(11-16)27(28,29)30)14-38-18-9-7-15(8-10-18)23(36)31-21-13-35(2)12-19(21)25-33-34-26(37)40-25/h4-11,19,21H,3,12-14H2,1-2H3,(H,31,36)(H,34,37)/t19-,21+/m0/s1. The molecule has 4 aromatic rings. The van der Waals surface area contributed by atoms with E-state index < -0.39 is 11.7 Å². The molecule has 0 spiro atoms. The van der Waals surface area contributed by atoms with E-state index in [1.54, 1.807) is 30.3 Å². The minimum Gasteiger partial charge on any atom is -0.488 e. The number of aromatic amines is 1. The Labute approximate surface area is 235 Å². The Kier molecular flexibility index (Phi) is 8.06. The molecular formula is C27H26F3N5O3S2. The number of carbonyl (C=O) groups excluding carboxylic acids is 1. The second kappa shape index (κ2) is 11.5. The number of halogens is 3. The number of aryl methyl sites for hydroxylation is 1. The summed E-state index contributed by atoms with van der Waals surface area (Å²) in [5.74, 6) is 0.238. The van der Waals surface area contributed by atoms with Gasteiger partial charge in [0.05, 0.1) is 22.2 Å². The Balaban J connectivity index is 1.23. The summed E-state index contributed by atoms with van der Waals surface area (Å²) < 4.78 is 45.4. The number of H-pyrrole nitrogens is 1. The normalized spacial score (nSPS) is 17.7. The molecule has 40 heavy (non-hydrogen) atoms. The molecule has 1 saturated heterocycles. The number of likely N-dealkylation sites (tertiary alicyclic amines) is 1. The smallest absolute Gasteiger partial charge is 0.416 e. The fourth-order valence-corrected chi connectivity index (χ4v) is 6.45. The van der Waals surface area contributed by atoms with Crippen LogP contribution in [0.4, 0.5) is 13.2 Å². The number of nitrogens with one attached hydrogen (secondary N) is 2. The lowest BCUT2D eigenvalue weighted by molar-refractivity contribution is -0.137. The maximum atomic E-state index is 13.1. The summed E-state index contributed by atoms with van der Waals surface area (Å²) in [7, 11) is 1.95. The number of hydrogen-bond acceptors (Lipinski definition) is 8. The highest BCUT2D eigenvalue weighted by Gasteiger charge is 2.35. The average molecular weight is 590 g/mol. The Hall–Kier alpha value is -3.55. The molecule has 13 heteroatoms. The average Bonchev–Trinajstić information content (AvgIpc) is 3.65. The predicted octanol–water partition coefficient (Wildman–Crippen LogP) is 4.94. The van der Waals surface area contributed by atoms with E-state index in [4.69, 9.17) is 4.74 Å². The van der Waals surface area contributed by atoms with E-state index >= 15 is 0 Å². The summed E-state index contributed by atoms with van der Waals surface area (Å²) in [5, 5.41) is 10.8. The van der Waals surface area contributed by atoms with Crippen LogP contribution < -0.4 is 14.9 Å². The number of aromatic nitrogens is 3. The van der Waals surface area contributed by atoms with Crippen LogP contribution in [0.25, 0.3) is 10.6 Å². The van der Waals surface area contributed by atoms with Crippen LogP contribution >= 0.6 is 22.7 Å². The van der Waals surface area contributed by atoms with Crippen molar-refractivity contribution in [3.05, 3.63) is 84.9 Å². The second-order valence-corrected chi connectivity index (χ2v) is 11.6. The van der Waals surface area contributed by atoms with E-state index in [2.05, 4.69) is 25.4 Å². The quantitative estimate of drug-likeness (QED) is 0.302. The zero-order valence-electron chi connectivity index (χ0n) is 21.6. The SMILES string of the molecule is CCc1nc(-c2cccc(C(F)(F)F)c2)sc1COc1ccc(C(=O)N[C@@H]2CN(C)C[C@@H]2c2n[nH]c(=O)s2)cc1. The monoisotopic (exact) mass is 589 g/mol. The van der Waals surface area contributed by atoms with E-state index in [0.29, 0.717) is 46.4 Å². The summed E-state index contributed by atoms with van der Waals surface area (Å²) in [6, 6.07) is 11.7. The molecule has 2 aromatic heterocycles. The number of rotatable bonds is 8. The van der Waals surface area contributed by atoms with Crippen molar-refractivity contribution >= 4 is 28.6 Å². The van der Waals surface area contributed by atoms with Gasteiger partial charge in [-0.2, -0.15) is 18.3 Å². The van der Waals surface area contributed by atoms with Crippen LogP contribution in [0.3, 0.4) is 0 Å². The zero-order valence-corrected chi connectivity index (χ0v) is 23.3. The highest BCUT2D eigenvalue weighted by atomic mass is 32.1. The summed E-state index contributed by atoms with van der Waals surface area (Å²) in [6.07, 6.45) is -3.81. The predicted molar refractivity (Wildman–Crippen MR) is 147 cm³/mol. The van der Waals surface area contributed by atoms with Crippen LogP contribution in [0.15, 0.2) is 53.3 Å². The lowest BCUT2D eigenvalue weighted by Gasteiger charge is -2.18. The summed E-state index contributed by atoms with van der Waals surface area (Å²) in [5.41, 5.74) is 0.934. The van der Waals surface area contributed by atoms with Crippen molar-refractivity contribution in [2.75, 3.05) is 20.1 Å². The van der Waals surface area contributed by atoms with Crippen molar-refractivity contribution in [1.29, 1.82) is 0 Å². The number of carbonyl (C=O) groups is 1. The Morgan fingerprint density at radius 2 is 1.95 bits per heavy atom. The minimum absolute atomic E-state index is 0.0755. The first kappa shape index (κ1) is 28.0. The topological polar surface area (TPSA) is 100 Å². The minimum atomic E-state index is -4.42. The molecule has 1 amide bonds. The van der Waals surface area contributed by atoms with Gasteiger partial charge in [-0.3, -0.25) is 9.59 Å². The van der Waals surface area contributed by atoms with Crippen molar-refractivity contribution in [2.45, 2.75) is 38.1 Å². The van der Waals surface area contributed by atoms with Gasteiger partial charge in [-0.15, -0.1) is 11.3 Å². The van der Waals surface area contributed by atoms with Gasteiger partial charge in [0.2, 0.25) is 0 Å². The Morgan fingerprint density at radius 1 is 1.18 bits per heavy atom. The molecule has 2 aromatic carbocycles. The largest absolute Gasteiger partial charge is 0.488 e. The molecule has 2 N–H and O–H groups in total. The van der Waals surface area contributed by atoms with E-state index in [9.17, 15) is 22.8 Å². The molecule has 210 valence electrons. The van der Waals surface area contributed by atoms with Crippen LogP contribution in [0.1, 0.15) is 44.3 Å². The number of alkyl halides is 3. The molecular weight excluding hydrogens is 563 g/mol. The summed E-state index contributed by atoms with van der Waals surface area (Å²) in [4.78, 5) is 31.7. The zero-order chi connectivity index (χ0) is 28.4. The first-order valence-corrected chi connectivity index (χ1v) is 14.2. The Bertz CT molecular complexity index is 1550. The number of amides is 1. The van der Waals surface area contributed by atoms with Crippen LogP contribution in [0, 0.1) is 0 Å². The number of likely N-dealkylation sites (N-methyl/N-ethyl adjacent to an activating group) is 1. The molecule has 8 nitrogen and oxygen atoms in total. The highest BCUT2D eigenvalue weighted by Crippen LogP contribution is 2.35. The number of benzene rings is 2. The molecule has 3 heterocycles. The third-order valence-electron chi connectivity index (χ3n) is 6.63. The molecule has 0 unspecified atom stereocenters. The maximum absolute atomic E-state index is 13.1. The van der Waals surface area contributed by atoms with Gasteiger partial charge < -0.3 is 15.0 Å². The number of ether oxygens (including phenoxy) is 1. The van der Waals surface area contributed by atoms with E-state index in [-0.39, 0.29) is 29.3 Å². The molecule has 0 aliphatic carbocycles. The molecule has 1 fully saturated rings. The third-order valence-corrected chi connectivity index (χ3v) is 8.63. The molecule has 0 bridgehead atoms. The Morgan fingerprint density at radius 3 is 2.62 bits per heavy atom. The van der Waals surface area contributed by atoms with Gasteiger partial charge in [0.1, 0.15) is 22.4 Å². The van der Waals surface area contributed by atoms with Gasteiger partial charge in [-0.1, -0.05) is 30.4 Å². The molecule has 5 rings (SSSR count). The van der Waals surface area contributed by atoms with E-state index in [0.717, 1.165) is 34.0 Å². The van der Waals surface area contributed by atoms with Gasteiger partial charge in [0.15, 0.2) is 0 Å². The lowest BCUT2D eigenvalue weighted by atomic mass is 10.0. The van der Waals surface area contributed by atoms with Crippen molar-refractivity contribution in [1.82, 2.24) is 25.4 Å².